The van der Waals surface area contributed by atoms with Crippen LogP contribution in [0.4, 0.5) is 8.78 Å². The van der Waals surface area contributed by atoms with E-state index in [1.165, 1.54) is 12.2 Å². The summed E-state index contributed by atoms with van der Waals surface area (Å²) in [4.78, 5) is 38.1. The van der Waals surface area contributed by atoms with Gasteiger partial charge in [0.2, 0.25) is 5.12 Å². The lowest BCUT2D eigenvalue weighted by atomic mass is 9.45. The molecule has 0 spiro atoms. The number of halogens is 3. The highest BCUT2D eigenvalue weighted by molar-refractivity contribution is 8.14. The molecule has 8 atom stereocenters. The number of rotatable bonds is 4. The summed E-state index contributed by atoms with van der Waals surface area (Å²) in [5.74, 6) is -3.40. The van der Waals surface area contributed by atoms with Crippen molar-refractivity contribution in [1.29, 1.82) is 0 Å². The Bertz CT molecular complexity index is 1000. The zero-order valence-corrected chi connectivity index (χ0v) is 21.4. The van der Waals surface area contributed by atoms with Crippen molar-refractivity contribution in [2.75, 3.05) is 5.21 Å². The number of alkyl halides is 2. The summed E-state index contributed by atoms with van der Waals surface area (Å²) in [5, 5.41) is 11.0. The minimum absolute atomic E-state index is 0.0463. The number of esters is 1. The van der Waals surface area contributed by atoms with Crippen molar-refractivity contribution in [3.63, 3.8) is 0 Å². The third-order valence-corrected chi connectivity index (χ3v) is 10.3. The fourth-order valence-electron chi connectivity index (χ4n) is 7.60. The number of aliphatic hydroxyl groups excluding tert-OH is 1. The van der Waals surface area contributed by atoms with Crippen LogP contribution in [0, 0.1) is 28.6 Å². The van der Waals surface area contributed by atoms with Crippen molar-refractivity contribution in [1.82, 2.24) is 0 Å². The van der Waals surface area contributed by atoms with Gasteiger partial charge in [0.15, 0.2) is 17.1 Å². The van der Waals surface area contributed by atoms with E-state index >= 15 is 8.78 Å². The molecule has 34 heavy (non-hydrogen) atoms. The summed E-state index contributed by atoms with van der Waals surface area (Å²) < 4.78 is 38.7. The van der Waals surface area contributed by atoms with E-state index in [0.717, 1.165) is 11.8 Å². The van der Waals surface area contributed by atoms with E-state index in [1.807, 2.05) is 0 Å². The number of hydrogen-bond donors (Lipinski definition) is 1. The number of ketones is 1. The van der Waals surface area contributed by atoms with Gasteiger partial charge in [0, 0.05) is 41.9 Å². The maximum absolute atomic E-state index is 17.3. The predicted molar refractivity (Wildman–Crippen MR) is 125 cm³/mol. The molecule has 0 heterocycles. The summed E-state index contributed by atoms with van der Waals surface area (Å²) >= 11 is 6.69. The molecule has 2 fully saturated rings. The van der Waals surface area contributed by atoms with E-state index in [-0.39, 0.29) is 42.3 Å². The third kappa shape index (κ3) is 3.10. The van der Waals surface area contributed by atoms with Gasteiger partial charge in [-0.25, -0.2) is 8.78 Å². The molecule has 0 aromatic heterocycles. The molecule has 0 aromatic rings. The van der Waals surface area contributed by atoms with Gasteiger partial charge < -0.3 is 9.84 Å². The predicted octanol–water partition coefficient (Wildman–Crippen LogP) is 5.05. The van der Waals surface area contributed by atoms with E-state index < -0.39 is 62.9 Å². The lowest BCUT2D eigenvalue weighted by molar-refractivity contribution is -0.223. The summed E-state index contributed by atoms with van der Waals surface area (Å²) in [6, 6.07) is 0. The van der Waals surface area contributed by atoms with Crippen molar-refractivity contribution >= 4 is 40.2 Å². The van der Waals surface area contributed by atoms with Crippen LogP contribution in [0.3, 0.4) is 0 Å². The van der Waals surface area contributed by atoms with E-state index in [1.54, 1.807) is 27.7 Å². The molecule has 9 heteroatoms. The maximum atomic E-state index is 17.3. The normalized spacial score (nSPS) is 45.5. The number of fused-ring (bicyclic) bond motifs is 5. The van der Waals surface area contributed by atoms with Crippen LogP contribution in [0.25, 0.3) is 0 Å². The second-order valence-electron chi connectivity index (χ2n) is 10.6. The molecule has 0 amide bonds. The standard InChI is InChI=1S/C25H31ClF2O5S/c1-5-20(31)33-25(21(32)34-12-26)13(2)8-15-16-10-18(27)17-9-14(29)6-7-22(17,3)24(16,28)19(30)11-23(15,25)4/h6-7,13,15-16,19,30H,5,8-12H2,1-4H3/t13-,15+,16?,19+,22+,23+,24+,25+/m1/s1. The van der Waals surface area contributed by atoms with Gasteiger partial charge in [0.1, 0.15) is 5.83 Å². The highest BCUT2D eigenvalue weighted by Gasteiger charge is 2.77. The lowest BCUT2D eigenvalue weighted by Crippen LogP contribution is -2.69. The molecule has 0 radical (unpaired) electrons. The van der Waals surface area contributed by atoms with Crippen LogP contribution in [-0.2, 0) is 19.1 Å². The quantitative estimate of drug-likeness (QED) is 0.416. The topological polar surface area (TPSA) is 80.7 Å². The average Bonchev–Trinajstić information content (AvgIpc) is 2.99. The first-order valence-electron chi connectivity index (χ1n) is 11.8. The van der Waals surface area contributed by atoms with E-state index in [0.29, 0.717) is 6.42 Å². The van der Waals surface area contributed by atoms with Gasteiger partial charge in [-0.05, 0) is 37.3 Å². The van der Waals surface area contributed by atoms with Gasteiger partial charge in [0.05, 0.1) is 11.3 Å². The van der Waals surface area contributed by atoms with Crippen LogP contribution in [0.1, 0.15) is 59.8 Å². The Hall–Kier alpha value is -1.25. The Labute approximate surface area is 207 Å². The van der Waals surface area contributed by atoms with Gasteiger partial charge in [-0.3, -0.25) is 14.4 Å². The Balaban J connectivity index is 1.89. The Morgan fingerprint density at radius 1 is 1.32 bits per heavy atom. The molecule has 4 aliphatic carbocycles. The zero-order chi connectivity index (χ0) is 25.3. The molecule has 4 aliphatic rings. The number of ether oxygens (including phenoxy) is 1. The first kappa shape index (κ1) is 25.8. The van der Waals surface area contributed by atoms with Gasteiger partial charge in [-0.15, -0.1) is 11.6 Å². The zero-order valence-electron chi connectivity index (χ0n) is 19.8. The fraction of sp³-hybridized carbons (Fsp3) is 0.720. The van der Waals surface area contributed by atoms with E-state index in [2.05, 4.69) is 0 Å². The monoisotopic (exact) mass is 516 g/mol. The average molecular weight is 517 g/mol. The van der Waals surface area contributed by atoms with Crippen molar-refractivity contribution in [2.24, 2.45) is 28.6 Å². The second kappa shape index (κ2) is 8.41. The Morgan fingerprint density at radius 2 is 2.00 bits per heavy atom. The Morgan fingerprint density at radius 3 is 2.62 bits per heavy atom. The van der Waals surface area contributed by atoms with Crippen LogP contribution < -0.4 is 0 Å². The molecule has 2 saturated carbocycles. The van der Waals surface area contributed by atoms with Crippen molar-refractivity contribution < 1.29 is 33.0 Å². The summed E-state index contributed by atoms with van der Waals surface area (Å²) in [5.41, 5.74) is -6.39. The lowest BCUT2D eigenvalue weighted by Gasteiger charge is -2.62. The third-order valence-electron chi connectivity index (χ3n) is 9.25. The SMILES string of the molecule is CCC(=O)O[C@]1(C(=O)SCCl)[C@H](C)C[C@H]2C3CC(F)=C4CC(=O)C=C[C@]4(C)[C@@]3(F)[C@@H](O)C[C@@]21C. The first-order chi connectivity index (χ1) is 15.8. The van der Waals surface area contributed by atoms with E-state index in [4.69, 9.17) is 16.3 Å². The van der Waals surface area contributed by atoms with Gasteiger partial charge in [-0.1, -0.05) is 38.6 Å². The van der Waals surface area contributed by atoms with Crippen LogP contribution in [-0.4, -0.2) is 44.6 Å². The highest BCUT2D eigenvalue weighted by atomic mass is 35.5. The number of carbonyl (C=O) groups excluding carboxylic acids is 3. The van der Waals surface area contributed by atoms with Crippen molar-refractivity contribution in [3.8, 4) is 0 Å². The van der Waals surface area contributed by atoms with Crippen LogP contribution in [0.5, 0.6) is 0 Å². The van der Waals surface area contributed by atoms with Crippen LogP contribution in [0.2, 0.25) is 0 Å². The molecular weight excluding hydrogens is 486 g/mol. The number of hydrogen-bond acceptors (Lipinski definition) is 6. The largest absolute Gasteiger partial charge is 0.449 e. The highest BCUT2D eigenvalue weighted by Crippen LogP contribution is 2.72. The molecule has 4 rings (SSSR count). The van der Waals surface area contributed by atoms with Gasteiger partial charge in [-0.2, -0.15) is 0 Å². The molecule has 1 unspecified atom stereocenters. The summed E-state index contributed by atoms with van der Waals surface area (Å²) in [6.07, 6.45) is 0.828. The fourth-order valence-corrected chi connectivity index (χ4v) is 8.69. The van der Waals surface area contributed by atoms with Crippen LogP contribution in [0.15, 0.2) is 23.6 Å². The molecule has 5 nitrogen and oxygen atoms in total. The number of allylic oxidation sites excluding steroid dienone is 4. The molecule has 0 aliphatic heterocycles. The molecule has 0 bridgehead atoms. The molecule has 0 saturated heterocycles. The second-order valence-corrected chi connectivity index (χ2v) is 12.2. The van der Waals surface area contributed by atoms with Crippen molar-refractivity contribution in [3.05, 3.63) is 23.6 Å². The van der Waals surface area contributed by atoms with Crippen LogP contribution >= 0.6 is 23.4 Å². The maximum Gasteiger partial charge on any atom is 0.306 e. The van der Waals surface area contributed by atoms with Gasteiger partial charge in [0.25, 0.3) is 0 Å². The number of carbonyl (C=O) groups is 3. The molecular formula is C25H31ClF2O5S. The smallest absolute Gasteiger partial charge is 0.306 e. The first-order valence-corrected chi connectivity index (χ1v) is 13.3. The molecule has 1 N–H and O–H groups in total. The molecule has 0 aromatic carbocycles. The minimum atomic E-state index is -2.24. The number of thioether (sulfide) groups is 1. The number of aliphatic hydroxyl groups is 1. The summed E-state index contributed by atoms with van der Waals surface area (Å²) in [6.45, 7) is 6.70. The minimum Gasteiger partial charge on any atom is -0.449 e. The van der Waals surface area contributed by atoms with Crippen molar-refractivity contribution in [2.45, 2.75) is 77.2 Å². The summed E-state index contributed by atoms with van der Waals surface area (Å²) in [7, 11) is 0. The van der Waals surface area contributed by atoms with Gasteiger partial charge >= 0.3 is 5.97 Å². The van der Waals surface area contributed by atoms with E-state index in [9.17, 15) is 19.5 Å². The Kier molecular flexibility index (Phi) is 6.39. The molecule has 188 valence electrons.